The second-order valence-electron chi connectivity index (χ2n) is 5.25. The van der Waals surface area contributed by atoms with Gasteiger partial charge in [-0.25, -0.2) is 0 Å². The van der Waals surface area contributed by atoms with Crippen LogP contribution < -0.4 is 5.32 Å². The average Bonchev–Trinajstić information content (AvgIpc) is 2.83. The first-order valence-electron chi connectivity index (χ1n) is 5.48. The predicted molar refractivity (Wildman–Crippen MR) is 53.7 cm³/mol. The van der Waals surface area contributed by atoms with Crippen molar-refractivity contribution in [2.24, 2.45) is 17.3 Å². The molecule has 1 aliphatic carbocycles. The molecular formula is C11H21NO. The number of hydrogen-bond donors (Lipinski definition) is 1. The normalized spacial score (nSPS) is 28.2. The molecule has 1 heterocycles. The second kappa shape index (κ2) is 3.58. The van der Waals surface area contributed by atoms with Crippen LogP contribution in [0.5, 0.6) is 0 Å². The van der Waals surface area contributed by atoms with E-state index in [2.05, 4.69) is 19.2 Å². The van der Waals surface area contributed by atoms with Crippen LogP contribution in [-0.2, 0) is 4.74 Å². The fraction of sp³-hybridized carbons (Fsp3) is 1.00. The molecule has 2 fully saturated rings. The van der Waals surface area contributed by atoms with E-state index in [1.165, 1.54) is 19.4 Å². The van der Waals surface area contributed by atoms with Crippen molar-refractivity contribution < 1.29 is 4.74 Å². The lowest BCUT2D eigenvalue weighted by molar-refractivity contribution is -0.0992. The van der Waals surface area contributed by atoms with Gasteiger partial charge in [-0.2, -0.15) is 0 Å². The van der Waals surface area contributed by atoms with Crippen molar-refractivity contribution in [3.8, 4) is 0 Å². The first-order chi connectivity index (χ1) is 6.20. The number of rotatable bonds is 5. The predicted octanol–water partition coefficient (Wildman–Crippen LogP) is 1.66. The Hall–Kier alpha value is -0.0800. The summed E-state index contributed by atoms with van der Waals surface area (Å²) in [6, 6.07) is 0. The second-order valence-corrected chi connectivity index (χ2v) is 5.25. The van der Waals surface area contributed by atoms with Gasteiger partial charge in [0.25, 0.3) is 0 Å². The quantitative estimate of drug-likeness (QED) is 0.700. The lowest BCUT2D eigenvalue weighted by Gasteiger charge is -2.38. The van der Waals surface area contributed by atoms with Crippen LogP contribution in [-0.4, -0.2) is 26.3 Å². The van der Waals surface area contributed by atoms with Crippen LogP contribution in [0.1, 0.15) is 26.7 Å². The fourth-order valence-corrected chi connectivity index (χ4v) is 1.99. The Morgan fingerprint density at radius 2 is 2.15 bits per heavy atom. The Kier molecular flexibility index (Phi) is 2.61. The average molecular weight is 183 g/mol. The summed E-state index contributed by atoms with van der Waals surface area (Å²) in [5, 5.41) is 3.57. The van der Waals surface area contributed by atoms with Gasteiger partial charge >= 0.3 is 0 Å². The SMILES string of the molecule is CC(CNCC1(C)COC1)C1CC1. The summed E-state index contributed by atoms with van der Waals surface area (Å²) in [5.41, 5.74) is 0.434. The molecule has 1 unspecified atom stereocenters. The van der Waals surface area contributed by atoms with Gasteiger partial charge in [0.05, 0.1) is 13.2 Å². The molecule has 0 bridgehead atoms. The summed E-state index contributed by atoms with van der Waals surface area (Å²) >= 11 is 0. The van der Waals surface area contributed by atoms with Crippen LogP contribution in [0.4, 0.5) is 0 Å². The Morgan fingerprint density at radius 1 is 1.46 bits per heavy atom. The van der Waals surface area contributed by atoms with Crippen LogP contribution in [0.3, 0.4) is 0 Å². The summed E-state index contributed by atoms with van der Waals surface area (Å²) in [6.45, 7) is 8.87. The maximum atomic E-state index is 5.22. The van der Waals surface area contributed by atoms with Crippen molar-refractivity contribution in [2.45, 2.75) is 26.7 Å². The van der Waals surface area contributed by atoms with E-state index in [-0.39, 0.29) is 0 Å². The van der Waals surface area contributed by atoms with Gasteiger partial charge in [-0.05, 0) is 31.2 Å². The zero-order chi connectivity index (χ0) is 9.31. The number of nitrogens with one attached hydrogen (secondary N) is 1. The van der Waals surface area contributed by atoms with E-state index < -0.39 is 0 Å². The molecule has 2 rings (SSSR count). The molecule has 0 aromatic heterocycles. The fourth-order valence-electron chi connectivity index (χ4n) is 1.99. The van der Waals surface area contributed by atoms with E-state index in [0.29, 0.717) is 5.41 Å². The summed E-state index contributed by atoms with van der Waals surface area (Å²) in [6.07, 6.45) is 2.92. The first-order valence-corrected chi connectivity index (χ1v) is 5.48. The van der Waals surface area contributed by atoms with Crippen molar-refractivity contribution in [2.75, 3.05) is 26.3 Å². The molecule has 0 radical (unpaired) electrons. The smallest absolute Gasteiger partial charge is 0.0554 e. The van der Waals surface area contributed by atoms with Gasteiger partial charge < -0.3 is 10.1 Å². The molecule has 1 saturated carbocycles. The maximum Gasteiger partial charge on any atom is 0.0554 e. The highest BCUT2D eigenvalue weighted by Gasteiger charge is 2.33. The van der Waals surface area contributed by atoms with Crippen LogP contribution >= 0.6 is 0 Å². The van der Waals surface area contributed by atoms with E-state index in [9.17, 15) is 0 Å². The molecule has 0 amide bonds. The molecule has 1 saturated heterocycles. The van der Waals surface area contributed by atoms with Crippen molar-refractivity contribution in [1.29, 1.82) is 0 Å². The molecule has 0 spiro atoms. The van der Waals surface area contributed by atoms with Gasteiger partial charge in [0.1, 0.15) is 0 Å². The summed E-state index contributed by atoms with van der Waals surface area (Å²) in [4.78, 5) is 0. The topological polar surface area (TPSA) is 21.3 Å². The zero-order valence-corrected chi connectivity index (χ0v) is 8.81. The third-order valence-corrected chi connectivity index (χ3v) is 3.35. The molecule has 0 aromatic carbocycles. The van der Waals surface area contributed by atoms with E-state index in [1.54, 1.807) is 0 Å². The Morgan fingerprint density at radius 3 is 2.62 bits per heavy atom. The third kappa shape index (κ3) is 2.44. The molecule has 76 valence electrons. The third-order valence-electron chi connectivity index (χ3n) is 3.35. The molecule has 2 nitrogen and oxygen atoms in total. The zero-order valence-electron chi connectivity index (χ0n) is 8.81. The van der Waals surface area contributed by atoms with Gasteiger partial charge in [-0.15, -0.1) is 0 Å². The summed E-state index contributed by atoms with van der Waals surface area (Å²) < 4.78 is 5.22. The summed E-state index contributed by atoms with van der Waals surface area (Å²) in [7, 11) is 0. The molecule has 1 atom stereocenters. The van der Waals surface area contributed by atoms with Gasteiger partial charge in [-0.3, -0.25) is 0 Å². The minimum Gasteiger partial charge on any atom is -0.380 e. The van der Waals surface area contributed by atoms with Gasteiger partial charge in [0.2, 0.25) is 0 Å². The molecule has 2 heteroatoms. The highest BCUT2D eigenvalue weighted by Crippen LogP contribution is 2.36. The molecule has 13 heavy (non-hydrogen) atoms. The van der Waals surface area contributed by atoms with Crippen LogP contribution in [0, 0.1) is 17.3 Å². The van der Waals surface area contributed by atoms with Gasteiger partial charge in [0.15, 0.2) is 0 Å². The maximum absolute atomic E-state index is 5.22. The largest absolute Gasteiger partial charge is 0.380 e. The summed E-state index contributed by atoms with van der Waals surface area (Å²) in [5.74, 6) is 1.91. The van der Waals surface area contributed by atoms with Crippen LogP contribution in [0.2, 0.25) is 0 Å². The molecule has 1 N–H and O–H groups in total. The lowest BCUT2D eigenvalue weighted by Crippen LogP contribution is -2.48. The monoisotopic (exact) mass is 183 g/mol. The van der Waals surface area contributed by atoms with Crippen molar-refractivity contribution in [3.05, 3.63) is 0 Å². The highest BCUT2D eigenvalue weighted by molar-refractivity contribution is 4.85. The number of hydrogen-bond acceptors (Lipinski definition) is 2. The van der Waals surface area contributed by atoms with Crippen LogP contribution in [0.25, 0.3) is 0 Å². The standard InChI is InChI=1S/C11H21NO/c1-9(10-3-4-10)5-12-6-11(2)7-13-8-11/h9-10,12H,3-8H2,1-2H3. The lowest BCUT2D eigenvalue weighted by atomic mass is 9.88. The minimum atomic E-state index is 0.434. The molecule has 2 aliphatic rings. The van der Waals surface area contributed by atoms with Crippen molar-refractivity contribution in [3.63, 3.8) is 0 Å². The van der Waals surface area contributed by atoms with Crippen molar-refractivity contribution in [1.82, 2.24) is 5.32 Å². The van der Waals surface area contributed by atoms with E-state index >= 15 is 0 Å². The van der Waals surface area contributed by atoms with Crippen molar-refractivity contribution >= 4 is 0 Å². The van der Waals surface area contributed by atoms with E-state index in [4.69, 9.17) is 4.74 Å². The Bertz CT molecular complexity index is 173. The molecular weight excluding hydrogens is 162 g/mol. The number of ether oxygens (including phenoxy) is 1. The van der Waals surface area contributed by atoms with Crippen LogP contribution in [0.15, 0.2) is 0 Å². The molecule has 1 aliphatic heterocycles. The Balaban J connectivity index is 1.57. The highest BCUT2D eigenvalue weighted by atomic mass is 16.5. The van der Waals surface area contributed by atoms with Gasteiger partial charge in [-0.1, -0.05) is 13.8 Å². The molecule has 0 aromatic rings. The first kappa shape index (κ1) is 9.47. The van der Waals surface area contributed by atoms with Gasteiger partial charge in [0, 0.05) is 12.0 Å². The minimum absolute atomic E-state index is 0.434. The van der Waals surface area contributed by atoms with E-state index in [1.807, 2.05) is 0 Å². The Labute approximate surface area is 81.0 Å². The van der Waals surface area contributed by atoms with E-state index in [0.717, 1.165) is 31.6 Å².